The van der Waals surface area contributed by atoms with Crippen molar-refractivity contribution in [3.63, 3.8) is 0 Å². The highest BCUT2D eigenvalue weighted by Gasteiger charge is 2.37. The van der Waals surface area contributed by atoms with E-state index in [4.69, 9.17) is 5.11 Å². The van der Waals surface area contributed by atoms with Crippen molar-refractivity contribution < 1.29 is 19.4 Å². The molecule has 0 saturated carbocycles. The second-order valence-corrected chi connectivity index (χ2v) is 2.36. The van der Waals surface area contributed by atoms with Crippen LogP contribution in [0.5, 0.6) is 0 Å². The Morgan fingerprint density at radius 2 is 2.40 bits per heavy atom. The fraction of sp³-hybridized carbons (Fsp3) is 0.667. The van der Waals surface area contributed by atoms with Crippen molar-refractivity contribution in [3.8, 4) is 0 Å². The molecule has 0 aromatic heterocycles. The molecule has 2 unspecified atom stereocenters. The fourth-order valence-electron chi connectivity index (χ4n) is 0.897. The first-order valence-corrected chi connectivity index (χ1v) is 3.02. The molecule has 0 bridgehead atoms. The van der Waals surface area contributed by atoms with Gasteiger partial charge in [0.05, 0.1) is 5.92 Å². The Balaban J connectivity index is 2.66. The standard InChI is InChI=1S/C6H8O4/c1-3-4(5(7)8)2-10-6(3)9/h3-4H,2H2,1H3,(H,7,8). The quantitative estimate of drug-likeness (QED) is 0.521. The molecule has 4 nitrogen and oxygen atoms in total. The summed E-state index contributed by atoms with van der Waals surface area (Å²) >= 11 is 0. The largest absolute Gasteiger partial charge is 0.481 e. The number of carbonyl (C=O) groups excluding carboxylic acids is 1. The van der Waals surface area contributed by atoms with Crippen molar-refractivity contribution >= 4 is 11.9 Å². The van der Waals surface area contributed by atoms with Crippen LogP contribution in [0.25, 0.3) is 0 Å². The van der Waals surface area contributed by atoms with Crippen molar-refractivity contribution in [2.45, 2.75) is 6.92 Å². The third-order valence-corrected chi connectivity index (χ3v) is 1.70. The van der Waals surface area contributed by atoms with Gasteiger partial charge in [-0.15, -0.1) is 0 Å². The number of carboxylic acids is 1. The highest BCUT2D eigenvalue weighted by atomic mass is 16.5. The average Bonchev–Trinajstić information content (AvgIpc) is 2.14. The van der Waals surface area contributed by atoms with Crippen LogP contribution in [0.4, 0.5) is 0 Å². The molecular formula is C6H8O4. The van der Waals surface area contributed by atoms with Gasteiger partial charge in [-0.3, -0.25) is 9.59 Å². The van der Waals surface area contributed by atoms with Gasteiger partial charge in [-0.05, 0) is 0 Å². The van der Waals surface area contributed by atoms with Gasteiger partial charge in [0.25, 0.3) is 0 Å². The molecule has 1 aliphatic rings. The summed E-state index contributed by atoms with van der Waals surface area (Å²) in [5.41, 5.74) is 0. The fourth-order valence-corrected chi connectivity index (χ4v) is 0.897. The van der Waals surface area contributed by atoms with Crippen molar-refractivity contribution in [2.75, 3.05) is 6.61 Å². The molecule has 0 amide bonds. The summed E-state index contributed by atoms with van der Waals surface area (Å²) in [6, 6.07) is 0. The van der Waals surface area contributed by atoms with E-state index in [1.165, 1.54) is 0 Å². The number of carboxylic acid groups (broad SMARTS) is 1. The van der Waals surface area contributed by atoms with E-state index in [2.05, 4.69) is 4.74 Å². The normalized spacial score (nSPS) is 31.9. The Hall–Kier alpha value is -1.06. The molecule has 1 aliphatic heterocycles. The van der Waals surface area contributed by atoms with Crippen molar-refractivity contribution in [1.29, 1.82) is 0 Å². The van der Waals surface area contributed by atoms with E-state index in [1.807, 2.05) is 0 Å². The zero-order valence-electron chi connectivity index (χ0n) is 5.53. The average molecular weight is 144 g/mol. The minimum absolute atomic E-state index is 0.0231. The molecule has 0 spiro atoms. The summed E-state index contributed by atoms with van der Waals surface area (Å²) in [7, 11) is 0. The Kier molecular flexibility index (Phi) is 1.61. The van der Waals surface area contributed by atoms with Crippen LogP contribution in [-0.4, -0.2) is 23.7 Å². The summed E-state index contributed by atoms with van der Waals surface area (Å²) < 4.78 is 4.52. The van der Waals surface area contributed by atoms with Crippen molar-refractivity contribution in [1.82, 2.24) is 0 Å². The molecule has 1 saturated heterocycles. The van der Waals surface area contributed by atoms with Gasteiger partial charge in [0.15, 0.2) is 0 Å². The number of hydrogen-bond donors (Lipinski definition) is 1. The first kappa shape index (κ1) is 7.05. The summed E-state index contributed by atoms with van der Waals surface area (Å²) in [6.45, 7) is 1.59. The maximum absolute atomic E-state index is 10.6. The topological polar surface area (TPSA) is 63.6 Å². The molecule has 1 heterocycles. The van der Waals surface area contributed by atoms with Gasteiger partial charge in [-0.2, -0.15) is 0 Å². The third-order valence-electron chi connectivity index (χ3n) is 1.70. The molecule has 56 valence electrons. The smallest absolute Gasteiger partial charge is 0.310 e. The van der Waals surface area contributed by atoms with E-state index < -0.39 is 23.8 Å². The van der Waals surface area contributed by atoms with Gasteiger partial charge in [-0.1, -0.05) is 6.92 Å². The summed E-state index contributed by atoms with van der Waals surface area (Å²) in [5, 5.41) is 8.47. The number of aliphatic carboxylic acids is 1. The predicted octanol–water partition coefficient (Wildman–Crippen LogP) is -0.120. The predicted molar refractivity (Wildman–Crippen MR) is 31.2 cm³/mol. The van der Waals surface area contributed by atoms with Gasteiger partial charge in [0.2, 0.25) is 0 Å². The summed E-state index contributed by atoms with van der Waals surface area (Å²) in [6.07, 6.45) is 0. The lowest BCUT2D eigenvalue weighted by Crippen LogP contribution is -2.20. The molecule has 0 aromatic rings. The van der Waals surface area contributed by atoms with Crippen molar-refractivity contribution in [2.24, 2.45) is 11.8 Å². The van der Waals surface area contributed by atoms with E-state index in [1.54, 1.807) is 6.92 Å². The number of esters is 1. The second-order valence-electron chi connectivity index (χ2n) is 2.36. The van der Waals surface area contributed by atoms with Crippen LogP contribution in [0, 0.1) is 11.8 Å². The molecule has 4 heteroatoms. The first-order valence-electron chi connectivity index (χ1n) is 3.02. The number of cyclic esters (lactones) is 1. The SMILES string of the molecule is CC1C(=O)OCC1C(=O)O. The van der Waals surface area contributed by atoms with E-state index in [9.17, 15) is 9.59 Å². The molecular weight excluding hydrogens is 136 g/mol. The van der Waals surface area contributed by atoms with Gasteiger partial charge >= 0.3 is 11.9 Å². The molecule has 1 fully saturated rings. The Morgan fingerprint density at radius 3 is 2.60 bits per heavy atom. The minimum Gasteiger partial charge on any atom is -0.481 e. The molecule has 10 heavy (non-hydrogen) atoms. The number of hydrogen-bond acceptors (Lipinski definition) is 3. The molecule has 0 aromatic carbocycles. The molecule has 1 rings (SSSR count). The van der Waals surface area contributed by atoms with E-state index in [-0.39, 0.29) is 6.61 Å². The van der Waals surface area contributed by atoms with Crippen LogP contribution in [0.3, 0.4) is 0 Å². The zero-order chi connectivity index (χ0) is 7.72. The lowest BCUT2D eigenvalue weighted by atomic mass is 9.98. The van der Waals surface area contributed by atoms with Crippen LogP contribution in [0.15, 0.2) is 0 Å². The molecule has 1 N–H and O–H groups in total. The maximum atomic E-state index is 10.6. The van der Waals surface area contributed by atoms with E-state index in [0.29, 0.717) is 0 Å². The zero-order valence-corrected chi connectivity index (χ0v) is 5.53. The highest BCUT2D eigenvalue weighted by Crippen LogP contribution is 2.20. The Bertz CT molecular complexity index is 175. The Labute approximate surface area is 57.8 Å². The van der Waals surface area contributed by atoms with Gasteiger partial charge in [0, 0.05) is 0 Å². The van der Waals surface area contributed by atoms with Crippen LogP contribution < -0.4 is 0 Å². The number of rotatable bonds is 1. The second kappa shape index (κ2) is 2.28. The Morgan fingerprint density at radius 1 is 1.80 bits per heavy atom. The molecule has 2 atom stereocenters. The van der Waals surface area contributed by atoms with Gasteiger partial charge < -0.3 is 9.84 Å². The lowest BCUT2D eigenvalue weighted by Gasteiger charge is -2.01. The molecule has 0 aliphatic carbocycles. The third kappa shape index (κ3) is 0.964. The van der Waals surface area contributed by atoms with E-state index in [0.717, 1.165) is 0 Å². The number of carbonyl (C=O) groups is 2. The van der Waals surface area contributed by atoms with Crippen molar-refractivity contribution in [3.05, 3.63) is 0 Å². The minimum atomic E-state index is -0.960. The van der Waals surface area contributed by atoms with Crippen LogP contribution in [0.1, 0.15) is 6.92 Å². The summed E-state index contributed by atoms with van der Waals surface area (Å²) in [4.78, 5) is 20.9. The summed E-state index contributed by atoms with van der Waals surface area (Å²) in [5.74, 6) is -2.50. The van der Waals surface area contributed by atoms with Crippen LogP contribution in [-0.2, 0) is 14.3 Å². The number of ether oxygens (including phenoxy) is 1. The first-order chi connectivity index (χ1) is 4.63. The maximum Gasteiger partial charge on any atom is 0.310 e. The van der Waals surface area contributed by atoms with Gasteiger partial charge in [-0.25, -0.2) is 0 Å². The van der Waals surface area contributed by atoms with Crippen LogP contribution in [0.2, 0.25) is 0 Å². The monoisotopic (exact) mass is 144 g/mol. The molecule has 0 radical (unpaired) electrons. The lowest BCUT2D eigenvalue weighted by molar-refractivity contribution is -0.144. The highest BCUT2D eigenvalue weighted by molar-refractivity contribution is 5.83. The van der Waals surface area contributed by atoms with Crippen LogP contribution >= 0.6 is 0 Å². The van der Waals surface area contributed by atoms with E-state index >= 15 is 0 Å². The van der Waals surface area contributed by atoms with Gasteiger partial charge in [0.1, 0.15) is 12.5 Å².